The third-order valence-corrected chi connectivity index (χ3v) is 6.08. The number of hydrogen-bond acceptors (Lipinski definition) is 3. The standard InChI is InChI=1S/C22H28N2O2S/c1-17(2)19-6-4-18(5-7-19)16-23-12-14-24(15-13-23)22(25)20-8-10-21(11-9-20)27(3)26/h4-11,17H,12-16H2,1-3H3. The number of hydrogen-bond donors (Lipinski definition) is 0. The number of carbonyl (C=O) groups is 1. The SMILES string of the molecule is CC(C)c1ccc(CN2CCN(C(=O)c3ccc(S(C)=O)cc3)CC2)cc1. The molecule has 2 aromatic carbocycles. The molecule has 1 amide bonds. The van der Waals surface area contributed by atoms with E-state index in [1.807, 2.05) is 4.90 Å². The number of carbonyl (C=O) groups excluding carboxylic acids is 1. The van der Waals surface area contributed by atoms with Gasteiger partial charge in [0.2, 0.25) is 0 Å². The highest BCUT2D eigenvalue weighted by atomic mass is 32.2. The number of nitrogens with zero attached hydrogens (tertiary/aromatic N) is 2. The Balaban J connectivity index is 1.53. The van der Waals surface area contributed by atoms with Gasteiger partial charge in [-0.25, -0.2) is 0 Å². The van der Waals surface area contributed by atoms with Crippen LogP contribution in [0.15, 0.2) is 53.4 Å². The highest BCUT2D eigenvalue weighted by Crippen LogP contribution is 2.17. The lowest BCUT2D eigenvalue weighted by Crippen LogP contribution is -2.48. The molecule has 1 unspecified atom stereocenters. The summed E-state index contributed by atoms with van der Waals surface area (Å²) in [7, 11) is -1.02. The molecule has 0 bridgehead atoms. The molecule has 1 fully saturated rings. The van der Waals surface area contributed by atoms with Crippen LogP contribution in [-0.4, -0.2) is 52.4 Å². The zero-order valence-corrected chi connectivity index (χ0v) is 17.2. The van der Waals surface area contributed by atoms with Gasteiger partial charge in [0, 0.05) is 60.2 Å². The Bertz CT molecular complexity index is 792. The van der Waals surface area contributed by atoms with Gasteiger partial charge in [-0.05, 0) is 41.3 Å². The number of rotatable bonds is 5. The minimum absolute atomic E-state index is 0.0596. The van der Waals surface area contributed by atoms with Crippen LogP contribution in [-0.2, 0) is 17.3 Å². The average molecular weight is 385 g/mol. The van der Waals surface area contributed by atoms with Crippen LogP contribution < -0.4 is 0 Å². The summed E-state index contributed by atoms with van der Waals surface area (Å²) >= 11 is 0. The first-order chi connectivity index (χ1) is 12.9. The van der Waals surface area contributed by atoms with Gasteiger partial charge in [0.05, 0.1) is 0 Å². The smallest absolute Gasteiger partial charge is 0.253 e. The molecule has 1 atom stereocenters. The average Bonchev–Trinajstić information content (AvgIpc) is 2.68. The Morgan fingerprint density at radius 1 is 0.963 bits per heavy atom. The van der Waals surface area contributed by atoms with Crippen molar-refractivity contribution in [2.24, 2.45) is 0 Å². The van der Waals surface area contributed by atoms with Gasteiger partial charge < -0.3 is 4.90 Å². The Morgan fingerprint density at radius 2 is 1.56 bits per heavy atom. The molecule has 144 valence electrons. The Labute approximate surface area is 164 Å². The van der Waals surface area contributed by atoms with Gasteiger partial charge in [0.25, 0.3) is 5.91 Å². The van der Waals surface area contributed by atoms with Crippen molar-refractivity contribution in [2.45, 2.75) is 31.2 Å². The van der Waals surface area contributed by atoms with E-state index < -0.39 is 10.8 Å². The second-order valence-electron chi connectivity index (χ2n) is 7.44. The van der Waals surface area contributed by atoms with E-state index >= 15 is 0 Å². The second-order valence-corrected chi connectivity index (χ2v) is 8.82. The van der Waals surface area contributed by atoms with E-state index in [2.05, 4.69) is 43.0 Å². The molecule has 5 heteroatoms. The summed E-state index contributed by atoms with van der Waals surface area (Å²) < 4.78 is 11.5. The molecule has 1 aliphatic rings. The van der Waals surface area contributed by atoms with E-state index in [0.717, 1.165) is 37.6 Å². The number of benzene rings is 2. The lowest BCUT2D eigenvalue weighted by Gasteiger charge is -2.34. The quantitative estimate of drug-likeness (QED) is 0.792. The van der Waals surface area contributed by atoms with Crippen molar-refractivity contribution < 1.29 is 9.00 Å². The first kappa shape index (κ1) is 19.8. The number of amides is 1. The summed E-state index contributed by atoms with van der Waals surface area (Å²) in [5, 5.41) is 0. The Kier molecular flexibility index (Phi) is 6.45. The Morgan fingerprint density at radius 3 is 2.07 bits per heavy atom. The molecule has 4 nitrogen and oxygen atoms in total. The lowest BCUT2D eigenvalue weighted by molar-refractivity contribution is 0.0628. The van der Waals surface area contributed by atoms with E-state index in [0.29, 0.717) is 11.5 Å². The first-order valence-corrected chi connectivity index (χ1v) is 11.0. The van der Waals surface area contributed by atoms with Crippen molar-refractivity contribution in [3.8, 4) is 0 Å². The molecule has 3 rings (SSSR count). The van der Waals surface area contributed by atoms with Crippen LogP contribution >= 0.6 is 0 Å². The lowest BCUT2D eigenvalue weighted by atomic mass is 10.0. The molecule has 0 radical (unpaired) electrons. The van der Waals surface area contributed by atoms with Gasteiger partial charge in [0.1, 0.15) is 0 Å². The maximum Gasteiger partial charge on any atom is 0.253 e. The van der Waals surface area contributed by atoms with Crippen molar-refractivity contribution in [1.82, 2.24) is 9.80 Å². The molecule has 0 saturated carbocycles. The highest BCUT2D eigenvalue weighted by Gasteiger charge is 2.22. The minimum atomic E-state index is -1.02. The summed E-state index contributed by atoms with van der Waals surface area (Å²) in [5.74, 6) is 0.615. The van der Waals surface area contributed by atoms with Crippen LogP contribution in [0.1, 0.15) is 41.3 Å². The first-order valence-electron chi connectivity index (χ1n) is 9.48. The van der Waals surface area contributed by atoms with Crippen LogP contribution in [0.25, 0.3) is 0 Å². The fourth-order valence-corrected chi connectivity index (χ4v) is 3.87. The van der Waals surface area contributed by atoms with Gasteiger partial charge in [-0.15, -0.1) is 0 Å². The Hall–Kier alpha value is -1.98. The third-order valence-electron chi connectivity index (χ3n) is 5.15. The molecule has 0 spiro atoms. The molecule has 0 N–H and O–H groups in total. The van der Waals surface area contributed by atoms with Gasteiger partial charge in [-0.3, -0.25) is 13.9 Å². The van der Waals surface area contributed by atoms with Crippen molar-refractivity contribution >= 4 is 16.7 Å². The van der Waals surface area contributed by atoms with E-state index in [9.17, 15) is 9.00 Å². The van der Waals surface area contributed by atoms with Gasteiger partial charge in [0.15, 0.2) is 0 Å². The molecule has 0 aliphatic carbocycles. The molecular formula is C22H28N2O2S. The van der Waals surface area contributed by atoms with Crippen molar-refractivity contribution in [3.05, 3.63) is 65.2 Å². The summed E-state index contributed by atoms with van der Waals surface area (Å²) in [4.78, 5) is 17.7. The second kappa shape index (κ2) is 8.81. The fourth-order valence-electron chi connectivity index (χ4n) is 3.35. The van der Waals surface area contributed by atoms with Crippen LogP contribution in [0.5, 0.6) is 0 Å². The zero-order chi connectivity index (χ0) is 19.4. The highest BCUT2D eigenvalue weighted by molar-refractivity contribution is 7.84. The predicted molar refractivity (Wildman–Crippen MR) is 110 cm³/mol. The van der Waals surface area contributed by atoms with E-state index in [4.69, 9.17) is 0 Å². The molecule has 27 heavy (non-hydrogen) atoms. The van der Waals surface area contributed by atoms with Crippen LogP contribution in [0.3, 0.4) is 0 Å². The third kappa shape index (κ3) is 5.05. The predicted octanol–water partition coefficient (Wildman–Crippen LogP) is 3.51. The van der Waals surface area contributed by atoms with Gasteiger partial charge in [-0.1, -0.05) is 38.1 Å². The fraction of sp³-hybridized carbons (Fsp3) is 0.409. The summed E-state index contributed by atoms with van der Waals surface area (Å²) in [6.07, 6.45) is 1.65. The summed E-state index contributed by atoms with van der Waals surface area (Å²) in [6, 6.07) is 16.0. The molecular weight excluding hydrogens is 356 g/mol. The summed E-state index contributed by atoms with van der Waals surface area (Å²) in [5.41, 5.74) is 3.36. The molecule has 2 aromatic rings. The van der Waals surface area contributed by atoms with Crippen LogP contribution in [0.2, 0.25) is 0 Å². The van der Waals surface area contributed by atoms with Crippen molar-refractivity contribution in [2.75, 3.05) is 32.4 Å². The van der Waals surface area contributed by atoms with E-state index in [-0.39, 0.29) is 5.91 Å². The maximum atomic E-state index is 12.7. The maximum absolute atomic E-state index is 12.7. The number of piperazine rings is 1. The molecule has 1 heterocycles. The van der Waals surface area contributed by atoms with Crippen molar-refractivity contribution in [3.63, 3.8) is 0 Å². The van der Waals surface area contributed by atoms with Gasteiger partial charge in [-0.2, -0.15) is 0 Å². The molecule has 1 aliphatic heterocycles. The minimum Gasteiger partial charge on any atom is -0.336 e. The van der Waals surface area contributed by atoms with Crippen molar-refractivity contribution in [1.29, 1.82) is 0 Å². The zero-order valence-electron chi connectivity index (χ0n) is 16.4. The van der Waals surface area contributed by atoms with E-state index in [1.54, 1.807) is 30.5 Å². The normalized spacial score (nSPS) is 16.5. The molecule has 1 saturated heterocycles. The van der Waals surface area contributed by atoms with E-state index in [1.165, 1.54) is 11.1 Å². The van der Waals surface area contributed by atoms with Crippen LogP contribution in [0.4, 0.5) is 0 Å². The topological polar surface area (TPSA) is 40.6 Å². The molecule has 0 aromatic heterocycles. The summed E-state index contributed by atoms with van der Waals surface area (Å²) in [6.45, 7) is 8.59. The van der Waals surface area contributed by atoms with Gasteiger partial charge >= 0.3 is 0 Å². The monoisotopic (exact) mass is 384 g/mol. The van der Waals surface area contributed by atoms with Crippen LogP contribution in [0, 0.1) is 0 Å². The largest absolute Gasteiger partial charge is 0.336 e.